The van der Waals surface area contributed by atoms with Gasteiger partial charge in [0.05, 0.1) is 0 Å². The highest BCUT2D eigenvalue weighted by molar-refractivity contribution is 9.10. The number of nitrogens with zero attached hydrogens (tertiary/aromatic N) is 1. The fourth-order valence-corrected chi connectivity index (χ4v) is 1.82. The maximum Gasteiger partial charge on any atom is 0.249 e. The topological polar surface area (TPSA) is 71.1 Å². The Morgan fingerprint density at radius 2 is 2.29 bits per heavy atom. The van der Waals surface area contributed by atoms with E-state index >= 15 is 0 Å². The first-order valence-corrected chi connectivity index (χ1v) is 5.77. The Bertz CT molecular complexity index is 481. The van der Waals surface area contributed by atoms with Crippen LogP contribution in [0, 0.1) is 5.82 Å². The molecular weight excluding hydrogens is 293 g/mol. The second kappa shape index (κ2) is 4.79. The predicted octanol–water partition coefficient (Wildman–Crippen LogP) is 1.20. The molecule has 2 rings (SSSR count). The summed E-state index contributed by atoms with van der Waals surface area (Å²) in [6.45, 7) is 0. The van der Waals surface area contributed by atoms with Crippen molar-refractivity contribution < 1.29 is 14.0 Å². The molecule has 2 N–H and O–H groups in total. The number of hydrogen-bond acceptors (Lipinski definition) is 4. The van der Waals surface area contributed by atoms with Crippen LogP contribution in [0.1, 0.15) is 12.8 Å². The Balaban J connectivity index is 2.10. The van der Waals surface area contributed by atoms with Crippen molar-refractivity contribution in [3.63, 3.8) is 0 Å². The Hall–Kier alpha value is -1.50. The lowest BCUT2D eigenvalue weighted by Gasteiger charge is -2.22. The molecule has 1 saturated heterocycles. The number of imide groups is 1. The third-order valence-corrected chi connectivity index (χ3v) is 2.79. The molecule has 1 unspecified atom stereocenters. The van der Waals surface area contributed by atoms with Gasteiger partial charge in [0.15, 0.2) is 11.6 Å². The SMILES string of the molecule is O=C1CCC(Nc2ncc(Br)cc2F)C(=O)N1. The molecule has 17 heavy (non-hydrogen) atoms. The Labute approximate surface area is 105 Å². The Kier molecular flexibility index (Phi) is 3.37. The number of piperidine rings is 1. The first kappa shape index (κ1) is 12.0. The van der Waals surface area contributed by atoms with Crippen LogP contribution in [-0.2, 0) is 9.59 Å². The van der Waals surface area contributed by atoms with E-state index in [0.29, 0.717) is 10.9 Å². The lowest BCUT2D eigenvalue weighted by Crippen LogP contribution is -2.47. The second-order valence-corrected chi connectivity index (χ2v) is 4.55. The molecule has 0 aromatic carbocycles. The largest absolute Gasteiger partial charge is 0.356 e. The number of halogens is 2. The first-order chi connectivity index (χ1) is 8.06. The predicted molar refractivity (Wildman–Crippen MR) is 61.7 cm³/mol. The van der Waals surface area contributed by atoms with Gasteiger partial charge < -0.3 is 5.32 Å². The maximum absolute atomic E-state index is 13.5. The summed E-state index contributed by atoms with van der Waals surface area (Å²) in [4.78, 5) is 26.2. The highest BCUT2D eigenvalue weighted by Crippen LogP contribution is 2.18. The number of pyridine rings is 1. The van der Waals surface area contributed by atoms with Crippen molar-refractivity contribution in [3.8, 4) is 0 Å². The zero-order chi connectivity index (χ0) is 12.4. The fourth-order valence-electron chi connectivity index (χ4n) is 1.52. The van der Waals surface area contributed by atoms with Gasteiger partial charge in [-0.05, 0) is 28.4 Å². The van der Waals surface area contributed by atoms with Crippen molar-refractivity contribution in [1.29, 1.82) is 0 Å². The molecule has 1 aromatic heterocycles. The molecule has 1 aliphatic rings. The van der Waals surface area contributed by atoms with Gasteiger partial charge >= 0.3 is 0 Å². The van der Waals surface area contributed by atoms with Gasteiger partial charge in [0.25, 0.3) is 0 Å². The minimum absolute atomic E-state index is 0.00250. The molecule has 0 saturated carbocycles. The summed E-state index contributed by atoms with van der Waals surface area (Å²) >= 11 is 3.09. The molecule has 1 atom stereocenters. The van der Waals surface area contributed by atoms with E-state index in [1.807, 2.05) is 0 Å². The minimum Gasteiger partial charge on any atom is -0.356 e. The number of hydrogen-bond donors (Lipinski definition) is 2. The number of carbonyl (C=O) groups excluding carboxylic acids is 2. The highest BCUT2D eigenvalue weighted by atomic mass is 79.9. The minimum atomic E-state index is -0.629. The van der Waals surface area contributed by atoms with Gasteiger partial charge in [-0.3, -0.25) is 14.9 Å². The molecule has 0 aliphatic carbocycles. The fraction of sp³-hybridized carbons (Fsp3) is 0.300. The van der Waals surface area contributed by atoms with Crippen molar-refractivity contribution in [2.24, 2.45) is 0 Å². The van der Waals surface area contributed by atoms with Gasteiger partial charge in [-0.2, -0.15) is 0 Å². The smallest absolute Gasteiger partial charge is 0.249 e. The van der Waals surface area contributed by atoms with Gasteiger partial charge in [0.2, 0.25) is 11.8 Å². The number of carbonyl (C=O) groups is 2. The summed E-state index contributed by atoms with van der Waals surface area (Å²) in [5, 5.41) is 4.86. The van der Waals surface area contributed by atoms with Crippen LogP contribution in [0.3, 0.4) is 0 Å². The third-order valence-electron chi connectivity index (χ3n) is 2.36. The van der Waals surface area contributed by atoms with E-state index in [1.165, 1.54) is 12.3 Å². The van der Waals surface area contributed by atoms with Crippen molar-refractivity contribution in [3.05, 3.63) is 22.6 Å². The molecule has 1 aromatic rings. The van der Waals surface area contributed by atoms with Crippen molar-refractivity contribution in [1.82, 2.24) is 10.3 Å². The molecule has 5 nitrogen and oxygen atoms in total. The van der Waals surface area contributed by atoms with Crippen LogP contribution in [0.25, 0.3) is 0 Å². The standard InChI is InChI=1S/C10H9BrFN3O2/c11-5-3-6(12)9(13-4-5)14-7-1-2-8(16)15-10(7)17/h3-4,7H,1-2H2,(H,13,14)(H,15,16,17). The van der Waals surface area contributed by atoms with Crippen molar-refractivity contribution in [2.45, 2.75) is 18.9 Å². The maximum atomic E-state index is 13.5. The van der Waals surface area contributed by atoms with Crippen LogP contribution < -0.4 is 10.6 Å². The summed E-state index contributed by atoms with van der Waals surface area (Å²) in [5.74, 6) is -1.31. The van der Waals surface area contributed by atoms with Gasteiger partial charge in [0, 0.05) is 17.1 Å². The molecule has 0 spiro atoms. The average Bonchev–Trinajstić information content (AvgIpc) is 2.25. The van der Waals surface area contributed by atoms with E-state index in [2.05, 4.69) is 31.5 Å². The molecule has 2 amide bonds. The average molecular weight is 302 g/mol. The number of amides is 2. The lowest BCUT2D eigenvalue weighted by molar-refractivity contribution is -0.133. The van der Waals surface area contributed by atoms with E-state index in [1.54, 1.807) is 0 Å². The van der Waals surface area contributed by atoms with E-state index in [0.717, 1.165) is 0 Å². The summed E-state index contributed by atoms with van der Waals surface area (Å²) in [6, 6.07) is 0.622. The van der Waals surface area contributed by atoms with Gasteiger partial charge in [-0.1, -0.05) is 0 Å². The quantitative estimate of drug-likeness (QED) is 0.805. The lowest BCUT2D eigenvalue weighted by atomic mass is 10.1. The normalized spacial score (nSPS) is 20.0. The molecule has 0 radical (unpaired) electrons. The van der Waals surface area contributed by atoms with E-state index < -0.39 is 17.8 Å². The number of rotatable bonds is 2. The number of aromatic nitrogens is 1. The molecular formula is C10H9BrFN3O2. The highest BCUT2D eigenvalue weighted by Gasteiger charge is 2.27. The van der Waals surface area contributed by atoms with Crippen LogP contribution in [0.15, 0.2) is 16.7 Å². The summed E-state index contributed by atoms with van der Waals surface area (Å²) < 4.78 is 14.0. The van der Waals surface area contributed by atoms with E-state index in [9.17, 15) is 14.0 Å². The van der Waals surface area contributed by atoms with Gasteiger partial charge in [-0.25, -0.2) is 9.37 Å². The van der Waals surface area contributed by atoms with Crippen LogP contribution in [0.2, 0.25) is 0 Å². The Morgan fingerprint density at radius 3 is 2.94 bits per heavy atom. The van der Waals surface area contributed by atoms with Crippen LogP contribution in [-0.4, -0.2) is 22.8 Å². The molecule has 1 fully saturated rings. The van der Waals surface area contributed by atoms with Crippen molar-refractivity contribution in [2.75, 3.05) is 5.32 Å². The van der Waals surface area contributed by atoms with Crippen LogP contribution in [0.4, 0.5) is 10.2 Å². The molecule has 1 aliphatic heterocycles. The molecule has 7 heteroatoms. The monoisotopic (exact) mass is 301 g/mol. The first-order valence-electron chi connectivity index (χ1n) is 4.97. The zero-order valence-corrected chi connectivity index (χ0v) is 10.3. The van der Waals surface area contributed by atoms with Crippen LogP contribution in [0.5, 0.6) is 0 Å². The van der Waals surface area contributed by atoms with Gasteiger partial charge in [-0.15, -0.1) is 0 Å². The summed E-state index contributed by atoms with van der Waals surface area (Å²) in [5.41, 5.74) is 0. The molecule has 0 bridgehead atoms. The van der Waals surface area contributed by atoms with Crippen LogP contribution >= 0.6 is 15.9 Å². The van der Waals surface area contributed by atoms with Gasteiger partial charge in [0.1, 0.15) is 6.04 Å². The zero-order valence-electron chi connectivity index (χ0n) is 8.67. The summed E-state index contributed by atoms with van der Waals surface area (Å²) in [6.07, 6.45) is 2.00. The number of anilines is 1. The van der Waals surface area contributed by atoms with Crippen molar-refractivity contribution >= 4 is 33.6 Å². The van der Waals surface area contributed by atoms with E-state index in [-0.39, 0.29) is 18.1 Å². The van der Waals surface area contributed by atoms with E-state index in [4.69, 9.17) is 0 Å². The third kappa shape index (κ3) is 2.79. The summed E-state index contributed by atoms with van der Waals surface area (Å²) in [7, 11) is 0. The number of nitrogens with one attached hydrogen (secondary N) is 2. The molecule has 90 valence electrons. The Morgan fingerprint density at radius 1 is 1.53 bits per heavy atom. The molecule has 2 heterocycles. The second-order valence-electron chi connectivity index (χ2n) is 3.63.